The van der Waals surface area contributed by atoms with E-state index >= 15 is 0 Å². The van der Waals surface area contributed by atoms with E-state index in [2.05, 4.69) is 66.5 Å². The van der Waals surface area contributed by atoms with Crippen LogP contribution in [0.5, 0.6) is 0 Å². The lowest BCUT2D eigenvalue weighted by molar-refractivity contribution is 0.0636. The smallest absolute Gasteiger partial charge is 0.412 e. The highest BCUT2D eigenvalue weighted by Crippen LogP contribution is 2.32. The molecule has 0 bridgehead atoms. The van der Waals surface area contributed by atoms with Gasteiger partial charge in [0.15, 0.2) is 0 Å². The minimum Gasteiger partial charge on any atom is -0.444 e. The van der Waals surface area contributed by atoms with Gasteiger partial charge in [0.1, 0.15) is 5.60 Å². The van der Waals surface area contributed by atoms with Gasteiger partial charge in [-0.1, -0.05) is 37.3 Å². The van der Waals surface area contributed by atoms with Crippen LogP contribution in [-0.2, 0) is 11.8 Å². The summed E-state index contributed by atoms with van der Waals surface area (Å²) in [5, 5.41) is 4.05. The fourth-order valence-corrected chi connectivity index (χ4v) is 3.17. The molecular formula is C22H26N2O2. The molecular weight excluding hydrogens is 324 g/mol. The summed E-state index contributed by atoms with van der Waals surface area (Å²) in [6, 6.07) is 16.4. The number of ether oxygens (including phenoxy) is 1. The standard InChI is InChI=1S/C22H26N2O2/c1-15(19-14-24(5)20-9-7-6-8-18(19)20)16-10-12-17(13-11-16)23-21(25)26-22(2,3)4/h6-15H,1-5H3,(H,23,25). The molecule has 1 N–H and O–H groups in total. The van der Waals surface area contributed by atoms with Crippen LogP contribution in [0.25, 0.3) is 10.9 Å². The number of benzene rings is 2. The van der Waals surface area contributed by atoms with Crippen LogP contribution in [0.2, 0.25) is 0 Å². The molecule has 3 rings (SSSR count). The van der Waals surface area contributed by atoms with Crippen LogP contribution in [0.15, 0.2) is 54.7 Å². The number of para-hydroxylation sites is 1. The molecule has 1 amide bonds. The van der Waals surface area contributed by atoms with Crippen molar-refractivity contribution in [3.63, 3.8) is 0 Å². The second-order valence-electron chi connectivity index (χ2n) is 7.68. The molecule has 1 atom stereocenters. The van der Waals surface area contributed by atoms with Crippen LogP contribution in [-0.4, -0.2) is 16.3 Å². The van der Waals surface area contributed by atoms with Gasteiger partial charge in [-0.15, -0.1) is 0 Å². The van der Waals surface area contributed by atoms with Gasteiger partial charge in [0.25, 0.3) is 0 Å². The summed E-state index contributed by atoms with van der Waals surface area (Å²) in [6.07, 6.45) is 1.76. The van der Waals surface area contributed by atoms with Crippen LogP contribution in [0.3, 0.4) is 0 Å². The number of hydrogen-bond acceptors (Lipinski definition) is 2. The number of fused-ring (bicyclic) bond motifs is 1. The first-order valence-electron chi connectivity index (χ1n) is 8.88. The molecule has 0 aliphatic heterocycles. The van der Waals surface area contributed by atoms with Gasteiger partial charge in [0, 0.05) is 35.8 Å². The third-order valence-corrected chi connectivity index (χ3v) is 4.45. The van der Waals surface area contributed by atoms with E-state index in [9.17, 15) is 4.79 Å². The minimum atomic E-state index is -0.507. The molecule has 136 valence electrons. The number of hydrogen-bond donors (Lipinski definition) is 1. The highest BCUT2D eigenvalue weighted by Gasteiger charge is 2.17. The summed E-state index contributed by atoms with van der Waals surface area (Å²) in [5.74, 6) is 0.261. The van der Waals surface area contributed by atoms with Crippen molar-refractivity contribution in [3.05, 3.63) is 65.9 Å². The lowest BCUT2D eigenvalue weighted by Crippen LogP contribution is -2.27. The molecule has 0 aliphatic carbocycles. The molecule has 2 aromatic carbocycles. The number of aromatic nitrogens is 1. The zero-order chi connectivity index (χ0) is 18.9. The summed E-state index contributed by atoms with van der Waals surface area (Å²) >= 11 is 0. The minimum absolute atomic E-state index is 0.261. The summed E-state index contributed by atoms with van der Waals surface area (Å²) < 4.78 is 7.45. The number of amides is 1. The molecule has 0 spiro atoms. The molecule has 26 heavy (non-hydrogen) atoms. The fraction of sp³-hybridized carbons (Fsp3) is 0.318. The predicted octanol–water partition coefficient (Wildman–Crippen LogP) is 5.68. The molecule has 4 heteroatoms. The highest BCUT2D eigenvalue weighted by atomic mass is 16.6. The molecule has 3 aromatic rings. The van der Waals surface area contributed by atoms with Crippen LogP contribution < -0.4 is 5.32 Å². The SMILES string of the molecule is CC(c1ccc(NC(=O)OC(C)(C)C)cc1)c1cn(C)c2ccccc12. The zero-order valence-electron chi connectivity index (χ0n) is 16.0. The van der Waals surface area contributed by atoms with Crippen molar-refractivity contribution < 1.29 is 9.53 Å². The molecule has 0 fully saturated rings. The summed E-state index contributed by atoms with van der Waals surface area (Å²) in [7, 11) is 2.08. The van der Waals surface area contributed by atoms with Gasteiger partial charge < -0.3 is 9.30 Å². The largest absolute Gasteiger partial charge is 0.444 e. The van der Waals surface area contributed by atoms with E-state index < -0.39 is 11.7 Å². The summed E-state index contributed by atoms with van der Waals surface area (Å²) in [6.45, 7) is 7.75. The Morgan fingerprint density at radius 2 is 1.73 bits per heavy atom. The highest BCUT2D eigenvalue weighted by molar-refractivity contribution is 5.86. The maximum atomic E-state index is 11.9. The van der Waals surface area contributed by atoms with Gasteiger partial charge in [-0.2, -0.15) is 0 Å². The second-order valence-corrected chi connectivity index (χ2v) is 7.68. The van der Waals surface area contributed by atoms with Crippen molar-refractivity contribution in [2.75, 3.05) is 5.32 Å². The molecule has 0 aliphatic rings. The quantitative estimate of drug-likeness (QED) is 0.660. The number of nitrogens with zero attached hydrogens (tertiary/aromatic N) is 1. The lowest BCUT2D eigenvalue weighted by Gasteiger charge is -2.20. The fourth-order valence-electron chi connectivity index (χ4n) is 3.17. The number of anilines is 1. The molecule has 1 unspecified atom stereocenters. The van der Waals surface area contributed by atoms with E-state index in [-0.39, 0.29) is 5.92 Å². The van der Waals surface area contributed by atoms with E-state index in [0.29, 0.717) is 0 Å². The Morgan fingerprint density at radius 1 is 1.08 bits per heavy atom. The molecule has 0 saturated heterocycles. The normalized spacial score (nSPS) is 12.8. The van der Waals surface area contributed by atoms with Crippen molar-refractivity contribution in [2.24, 2.45) is 7.05 Å². The van der Waals surface area contributed by atoms with Crippen molar-refractivity contribution >= 4 is 22.7 Å². The first-order chi connectivity index (χ1) is 12.2. The van der Waals surface area contributed by atoms with Gasteiger partial charge in [-0.25, -0.2) is 4.79 Å². The Balaban J connectivity index is 1.78. The molecule has 4 nitrogen and oxygen atoms in total. The van der Waals surface area contributed by atoms with Crippen LogP contribution >= 0.6 is 0 Å². The van der Waals surface area contributed by atoms with Crippen molar-refractivity contribution in [1.82, 2.24) is 4.57 Å². The van der Waals surface area contributed by atoms with Gasteiger partial charge in [0.05, 0.1) is 0 Å². The zero-order valence-corrected chi connectivity index (χ0v) is 16.0. The van der Waals surface area contributed by atoms with E-state index in [1.807, 2.05) is 32.9 Å². The first kappa shape index (κ1) is 18.1. The van der Waals surface area contributed by atoms with Gasteiger partial charge in [0.2, 0.25) is 0 Å². The Labute approximate surface area is 154 Å². The Hall–Kier alpha value is -2.75. The van der Waals surface area contributed by atoms with E-state index in [0.717, 1.165) is 5.69 Å². The van der Waals surface area contributed by atoms with E-state index in [4.69, 9.17) is 4.74 Å². The number of rotatable bonds is 3. The molecule has 0 saturated carbocycles. The van der Waals surface area contributed by atoms with Gasteiger partial charge in [-0.3, -0.25) is 5.32 Å². The summed E-state index contributed by atoms with van der Waals surface area (Å²) in [5.41, 5.74) is 3.96. The monoisotopic (exact) mass is 350 g/mol. The maximum Gasteiger partial charge on any atom is 0.412 e. The average molecular weight is 350 g/mol. The molecule has 1 heterocycles. The Bertz CT molecular complexity index is 917. The van der Waals surface area contributed by atoms with Crippen LogP contribution in [0.4, 0.5) is 10.5 Å². The van der Waals surface area contributed by atoms with E-state index in [1.165, 1.54) is 22.0 Å². The predicted molar refractivity (Wildman–Crippen MR) is 107 cm³/mol. The topological polar surface area (TPSA) is 43.3 Å². The molecule has 0 radical (unpaired) electrons. The molecule has 1 aromatic heterocycles. The first-order valence-corrected chi connectivity index (χ1v) is 8.88. The van der Waals surface area contributed by atoms with Crippen molar-refractivity contribution in [1.29, 1.82) is 0 Å². The number of carbonyl (C=O) groups is 1. The maximum absolute atomic E-state index is 11.9. The third-order valence-electron chi connectivity index (χ3n) is 4.45. The lowest BCUT2D eigenvalue weighted by atomic mass is 9.93. The Kier molecular flexibility index (Phi) is 4.77. The third kappa shape index (κ3) is 3.90. The van der Waals surface area contributed by atoms with Crippen molar-refractivity contribution in [2.45, 2.75) is 39.2 Å². The van der Waals surface area contributed by atoms with Crippen LogP contribution in [0, 0.1) is 0 Å². The average Bonchev–Trinajstić information content (AvgIpc) is 2.90. The summed E-state index contributed by atoms with van der Waals surface area (Å²) in [4.78, 5) is 11.9. The van der Waals surface area contributed by atoms with Gasteiger partial charge >= 0.3 is 6.09 Å². The Morgan fingerprint density at radius 3 is 2.38 bits per heavy atom. The second kappa shape index (κ2) is 6.87. The number of nitrogens with one attached hydrogen (secondary N) is 1. The number of carbonyl (C=O) groups excluding carboxylic acids is 1. The van der Waals surface area contributed by atoms with E-state index in [1.54, 1.807) is 0 Å². The van der Waals surface area contributed by atoms with Gasteiger partial charge in [-0.05, 0) is 50.1 Å². The van der Waals surface area contributed by atoms with Crippen LogP contribution in [0.1, 0.15) is 44.7 Å². The number of aryl methyl sites for hydroxylation is 1. The van der Waals surface area contributed by atoms with Crippen molar-refractivity contribution in [3.8, 4) is 0 Å².